The molecule has 0 aliphatic carbocycles. The molecule has 0 spiro atoms. The van der Waals surface area contributed by atoms with Crippen molar-refractivity contribution in [2.24, 2.45) is 0 Å². The van der Waals surface area contributed by atoms with E-state index in [1.54, 1.807) is 24.4 Å². The molecular formula is C12H11Cl2N3O2. The van der Waals surface area contributed by atoms with Crippen molar-refractivity contribution in [2.75, 3.05) is 5.73 Å². The van der Waals surface area contributed by atoms with Crippen molar-refractivity contribution in [3.8, 4) is 0 Å². The fraction of sp³-hybridized carbons (Fsp3) is 0.167. The van der Waals surface area contributed by atoms with Crippen molar-refractivity contribution >= 4 is 34.9 Å². The lowest BCUT2D eigenvalue weighted by atomic mass is 10.2. The molecule has 0 aliphatic rings. The summed E-state index contributed by atoms with van der Waals surface area (Å²) in [7, 11) is 0. The molecule has 2 N–H and O–H groups in total. The maximum atomic E-state index is 11.6. The quantitative estimate of drug-likeness (QED) is 0.881. The van der Waals surface area contributed by atoms with Gasteiger partial charge >= 0.3 is 5.97 Å². The Balaban J connectivity index is 1.93. The van der Waals surface area contributed by atoms with Gasteiger partial charge in [-0.3, -0.25) is 9.48 Å². The van der Waals surface area contributed by atoms with E-state index >= 15 is 0 Å². The van der Waals surface area contributed by atoms with Crippen molar-refractivity contribution in [3.05, 3.63) is 46.2 Å². The number of nitrogens with two attached hydrogens (primary N) is 1. The Morgan fingerprint density at radius 1 is 1.37 bits per heavy atom. The zero-order chi connectivity index (χ0) is 13.8. The minimum absolute atomic E-state index is 0.0146. The molecule has 0 unspecified atom stereocenters. The number of halogens is 2. The summed E-state index contributed by atoms with van der Waals surface area (Å²) in [4.78, 5) is 11.6. The van der Waals surface area contributed by atoms with Crippen LogP contribution in [0.2, 0.25) is 10.0 Å². The summed E-state index contributed by atoms with van der Waals surface area (Å²) in [5, 5.41) is 4.81. The molecule has 100 valence electrons. The van der Waals surface area contributed by atoms with Gasteiger partial charge in [-0.25, -0.2) is 0 Å². The van der Waals surface area contributed by atoms with Crippen molar-refractivity contribution in [1.29, 1.82) is 0 Å². The predicted octanol–water partition coefficient (Wildman–Crippen LogP) is 2.52. The Morgan fingerprint density at radius 3 is 2.63 bits per heavy atom. The minimum atomic E-state index is -0.445. The molecule has 2 aromatic rings. The third kappa shape index (κ3) is 3.62. The van der Waals surface area contributed by atoms with Crippen LogP contribution in [0, 0.1) is 0 Å². The second-order valence-electron chi connectivity index (χ2n) is 3.83. The van der Waals surface area contributed by atoms with Crippen molar-refractivity contribution in [2.45, 2.75) is 13.2 Å². The predicted molar refractivity (Wildman–Crippen MR) is 72.9 cm³/mol. The van der Waals surface area contributed by atoms with Crippen LogP contribution in [0.15, 0.2) is 30.6 Å². The van der Waals surface area contributed by atoms with Gasteiger partial charge in [0.15, 0.2) is 0 Å². The number of nitrogens with zero attached hydrogens (tertiary/aromatic N) is 2. The molecule has 0 saturated carbocycles. The topological polar surface area (TPSA) is 70.1 Å². The van der Waals surface area contributed by atoms with Gasteiger partial charge in [-0.2, -0.15) is 5.10 Å². The van der Waals surface area contributed by atoms with E-state index in [0.717, 1.165) is 0 Å². The standard InChI is InChI=1S/C12H11Cl2N3O2/c13-10-2-1-3-11(14)9(10)7-19-12(18)6-17-5-8(15)4-16-17/h1-5H,6-7,15H2. The second kappa shape index (κ2) is 5.95. The van der Waals surface area contributed by atoms with Gasteiger partial charge in [0.1, 0.15) is 13.2 Å². The summed E-state index contributed by atoms with van der Waals surface area (Å²) in [5.74, 6) is -0.445. The van der Waals surface area contributed by atoms with Gasteiger partial charge < -0.3 is 10.5 Å². The Labute approximate surface area is 119 Å². The maximum Gasteiger partial charge on any atom is 0.328 e. The summed E-state index contributed by atoms with van der Waals surface area (Å²) >= 11 is 11.9. The van der Waals surface area contributed by atoms with Crippen molar-refractivity contribution < 1.29 is 9.53 Å². The summed E-state index contributed by atoms with van der Waals surface area (Å²) in [6.07, 6.45) is 3.00. The smallest absolute Gasteiger partial charge is 0.328 e. The number of aromatic nitrogens is 2. The lowest BCUT2D eigenvalue weighted by Crippen LogP contribution is -2.14. The number of hydrogen-bond acceptors (Lipinski definition) is 4. The number of benzene rings is 1. The number of esters is 1. The van der Waals surface area contributed by atoms with Crippen LogP contribution < -0.4 is 5.73 Å². The van der Waals surface area contributed by atoms with E-state index in [0.29, 0.717) is 21.3 Å². The average Bonchev–Trinajstić information content (AvgIpc) is 2.74. The van der Waals surface area contributed by atoms with E-state index in [2.05, 4.69) is 5.10 Å². The molecule has 0 radical (unpaired) electrons. The average molecular weight is 300 g/mol. The van der Waals surface area contributed by atoms with Gasteiger partial charge in [0.05, 0.1) is 11.9 Å². The van der Waals surface area contributed by atoms with E-state index in [4.69, 9.17) is 33.7 Å². The van der Waals surface area contributed by atoms with Crippen LogP contribution in [0.4, 0.5) is 5.69 Å². The first-order chi connectivity index (χ1) is 9.06. The van der Waals surface area contributed by atoms with Crippen molar-refractivity contribution in [3.63, 3.8) is 0 Å². The summed E-state index contributed by atoms with van der Waals surface area (Å²) in [5.41, 5.74) is 6.56. The molecule has 0 bridgehead atoms. The highest BCUT2D eigenvalue weighted by Gasteiger charge is 2.10. The molecule has 0 atom stereocenters. The van der Waals surface area contributed by atoms with E-state index in [1.807, 2.05) is 0 Å². The number of carbonyl (C=O) groups is 1. The van der Waals surface area contributed by atoms with Gasteiger partial charge in [0.2, 0.25) is 0 Å². The van der Waals surface area contributed by atoms with Gasteiger partial charge in [0.25, 0.3) is 0 Å². The van der Waals surface area contributed by atoms with E-state index in [-0.39, 0.29) is 13.2 Å². The molecule has 0 aliphatic heterocycles. The zero-order valence-electron chi connectivity index (χ0n) is 9.85. The third-order valence-corrected chi connectivity index (χ3v) is 3.09. The summed E-state index contributed by atoms with van der Waals surface area (Å²) < 4.78 is 6.49. The van der Waals surface area contributed by atoms with E-state index in [1.165, 1.54) is 10.9 Å². The van der Waals surface area contributed by atoms with E-state index in [9.17, 15) is 4.79 Å². The molecule has 2 rings (SSSR count). The highest BCUT2D eigenvalue weighted by molar-refractivity contribution is 6.35. The van der Waals surface area contributed by atoms with Crippen molar-refractivity contribution in [1.82, 2.24) is 9.78 Å². The molecule has 5 nitrogen and oxygen atoms in total. The largest absolute Gasteiger partial charge is 0.459 e. The fourth-order valence-corrected chi connectivity index (χ4v) is 1.97. The molecule has 0 amide bonds. The number of carbonyl (C=O) groups excluding carboxylic acids is 1. The van der Waals surface area contributed by atoms with Crippen LogP contribution in [-0.2, 0) is 22.7 Å². The van der Waals surface area contributed by atoms with Crippen LogP contribution >= 0.6 is 23.2 Å². The monoisotopic (exact) mass is 299 g/mol. The highest BCUT2D eigenvalue weighted by Crippen LogP contribution is 2.24. The van der Waals surface area contributed by atoms with Crippen LogP contribution in [-0.4, -0.2) is 15.7 Å². The molecule has 7 heteroatoms. The van der Waals surface area contributed by atoms with Gasteiger partial charge in [0, 0.05) is 21.8 Å². The Morgan fingerprint density at radius 2 is 2.05 bits per heavy atom. The van der Waals surface area contributed by atoms with Crippen LogP contribution in [0.3, 0.4) is 0 Å². The normalized spacial score (nSPS) is 10.4. The maximum absolute atomic E-state index is 11.6. The van der Waals surface area contributed by atoms with Crippen LogP contribution in [0.1, 0.15) is 5.56 Å². The Hall–Kier alpha value is -1.72. The molecule has 1 heterocycles. The first-order valence-corrected chi connectivity index (χ1v) is 6.18. The molecule has 0 saturated heterocycles. The number of hydrogen-bond donors (Lipinski definition) is 1. The lowest BCUT2D eigenvalue weighted by molar-refractivity contribution is -0.145. The Kier molecular flexibility index (Phi) is 4.29. The summed E-state index contributed by atoms with van der Waals surface area (Å²) in [6, 6.07) is 5.10. The number of anilines is 1. The Bertz CT molecular complexity index is 578. The van der Waals surface area contributed by atoms with Gasteiger partial charge in [-0.05, 0) is 12.1 Å². The second-order valence-corrected chi connectivity index (χ2v) is 4.65. The minimum Gasteiger partial charge on any atom is -0.459 e. The van der Waals surface area contributed by atoms with Crippen LogP contribution in [0.25, 0.3) is 0 Å². The number of nitrogen functional groups attached to an aromatic ring is 1. The molecule has 1 aromatic carbocycles. The van der Waals surface area contributed by atoms with Crippen LogP contribution in [0.5, 0.6) is 0 Å². The van der Waals surface area contributed by atoms with E-state index < -0.39 is 5.97 Å². The molecule has 0 fully saturated rings. The first-order valence-electron chi connectivity index (χ1n) is 5.42. The number of rotatable bonds is 4. The summed E-state index contributed by atoms with van der Waals surface area (Å²) in [6.45, 7) is 0.00730. The molecular weight excluding hydrogens is 289 g/mol. The third-order valence-electron chi connectivity index (χ3n) is 2.38. The fourth-order valence-electron chi connectivity index (χ4n) is 1.47. The van der Waals surface area contributed by atoms with Gasteiger partial charge in [-0.15, -0.1) is 0 Å². The highest BCUT2D eigenvalue weighted by atomic mass is 35.5. The first kappa shape index (κ1) is 13.7. The molecule has 1 aromatic heterocycles. The lowest BCUT2D eigenvalue weighted by Gasteiger charge is -2.08. The zero-order valence-corrected chi connectivity index (χ0v) is 11.4. The van der Waals surface area contributed by atoms with Gasteiger partial charge in [-0.1, -0.05) is 29.3 Å². The molecule has 19 heavy (non-hydrogen) atoms. The SMILES string of the molecule is Nc1cnn(CC(=O)OCc2c(Cl)cccc2Cl)c1. The number of ether oxygens (including phenoxy) is 1.